The first-order valence-electron chi connectivity index (χ1n) is 5.34. The molecule has 2 fully saturated rings. The maximum atomic E-state index is 5.35. The van der Waals surface area contributed by atoms with Gasteiger partial charge >= 0.3 is 0 Å². The lowest BCUT2D eigenvalue weighted by molar-refractivity contribution is 0.184. The van der Waals surface area contributed by atoms with E-state index in [1.165, 1.54) is 37.3 Å². The predicted octanol–water partition coefficient (Wildman–Crippen LogP) is 1.51. The lowest BCUT2D eigenvalue weighted by Crippen LogP contribution is -2.36. The summed E-state index contributed by atoms with van der Waals surface area (Å²) in [5.74, 6) is 3.48. The first kappa shape index (κ1) is 9.81. The molecular formula is C10H19NOS. The average Bonchev–Trinajstić information content (AvgIpc) is 2.69. The minimum Gasteiger partial charge on any atom is -0.381 e. The van der Waals surface area contributed by atoms with Gasteiger partial charge in [0.25, 0.3) is 0 Å². The molecule has 0 aromatic rings. The molecule has 0 amide bonds. The second-order valence-corrected chi connectivity index (χ2v) is 5.25. The maximum Gasteiger partial charge on any atom is 0.0507 e. The van der Waals surface area contributed by atoms with Crippen LogP contribution in [0.25, 0.3) is 0 Å². The van der Waals surface area contributed by atoms with Crippen LogP contribution in [0.2, 0.25) is 0 Å². The van der Waals surface area contributed by atoms with Gasteiger partial charge in [0.05, 0.1) is 6.61 Å². The molecule has 2 aliphatic heterocycles. The molecule has 1 N–H and O–H groups in total. The number of ether oxygens (including phenoxy) is 1. The van der Waals surface area contributed by atoms with Crippen molar-refractivity contribution in [2.75, 3.05) is 31.3 Å². The van der Waals surface area contributed by atoms with Crippen LogP contribution < -0.4 is 5.32 Å². The Kier molecular flexibility index (Phi) is 3.94. The summed E-state index contributed by atoms with van der Waals surface area (Å²) in [6, 6.07) is 0.793. The summed E-state index contributed by atoms with van der Waals surface area (Å²) in [6.45, 7) is 3.14. The second-order valence-electron chi connectivity index (χ2n) is 4.02. The molecule has 2 aliphatic rings. The van der Waals surface area contributed by atoms with Gasteiger partial charge in [0.2, 0.25) is 0 Å². The molecule has 1 atom stereocenters. The zero-order valence-electron chi connectivity index (χ0n) is 8.13. The Morgan fingerprint density at radius 3 is 2.77 bits per heavy atom. The molecule has 2 heterocycles. The van der Waals surface area contributed by atoms with E-state index in [0.717, 1.165) is 25.2 Å². The van der Waals surface area contributed by atoms with Crippen molar-refractivity contribution >= 4 is 11.8 Å². The van der Waals surface area contributed by atoms with E-state index in [9.17, 15) is 0 Å². The van der Waals surface area contributed by atoms with Gasteiger partial charge in [-0.1, -0.05) is 0 Å². The van der Waals surface area contributed by atoms with Crippen LogP contribution in [0, 0.1) is 5.92 Å². The Bertz CT molecular complexity index is 142. The molecule has 13 heavy (non-hydrogen) atoms. The molecule has 3 heteroatoms. The molecule has 0 aromatic carbocycles. The van der Waals surface area contributed by atoms with Crippen molar-refractivity contribution in [1.29, 1.82) is 0 Å². The zero-order chi connectivity index (χ0) is 8.93. The highest BCUT2D eigenvalue weighted by molar-refractivity contribution is 7.99. The molecule has 0 spiro atoms. The molecular weight excluding hydrogens is 182 g/mol. The largest absolute Gasteiger partial charge is 0.381 e. The van der Waals surface area contributed by atoms with Gasteiger partial charge in [-0.05, 0) is 36.7 Å². The third kappa shape index (κ3) is 3.15. The van der Waals surface area contributed by atoms with Gasteiger partial charge < -0.3 is 10.1 Å². The monoisotopic (exact) mass is 201 g/mol. The predicted molar refractivity (Wildman–Crippen MR) is 57.3 cm³/mol. The normalized spacial score (nSPS) is 30.9. The fourth-order valence-electron chi connectivity index (χ4n) is 1.98. The maximum absolute atomic E-state index is 5.35. The van der Waals surface area contributed by atoms with Crippen molar-refractivity contribution < 1.29 is 4.74 Å². The third-order valence-electron chi connectivity index (χ3n) is 2.94. The lowest BCUT2D eigenvalue weighted by atomic mass is 10.1. The van der Waals surface area contributed by atoms with Crippen LogP contribution in [0.4, 0.5) is 0 Å². The van der Waals surface area contributed by atoms with Crippen LogP contribution >= 0.6 is 11.8 Å². The van der Waals surface area contributed by atoms with Gasteiger partial charge in [-0.3, -0.25) is 0 Å². The molecule has 2 saturated heterocycles. The van der Waals surface area contributed by atoms with E-state index in [1.54, 1.807) is 0 Å². The molecule has 1 unspecified atom stereocenters. The minimum absolute atomic E-state index is 0.787. The number of thioether (sulfide) groups is 1. The molecule has 0 radical (unpaired) electrons. The number of rotatable bonds is 3. The summed E-state index contributed by atoms with van der Waals surface area (Å²) < 4.78 is 5.35. The van der Waals surface area contributed by atoms with E-state index < -0.39 is 0 Å². The van der Waals surface area contributed by atoms with E-state index in [1.807, 2.05) is 0 Å². The van der Waals surface area contributed by atoms with Crippen LogP contribution in [-0.2, 0) is 4.74 Å². The van der Waals surface area contributed by atoms with E-state index in [2.05, 4.69) is 17.1 Å². The van der Waals surface area contributed by atoms with Gasteiger partial charge in [0, 0.05) is 19.2 Å². The molecule has 0 saturated carbocycles. The van der Waals surface area contributed by atoms with Crippen LogP contribution in [0.3, 0.4) is 0 Å². The molecule has 0 bridgehead atoms. The van der Waals surface area contributed by atoms with Crippen LogP contribution in [-0.4, -0.2) is 37.3 Å². The summed E-state index contributed by atoms with van der Waals surface area (Å²) in [5.41, 5.74) is 0. The third-order valence-corrected chi connectivity index (χ3v) is 3.99. The van der Waals surface area contributed by atoms with Crippen LogP contribution in [0.15, 0.2) is 0 Å². The van der Waals surface area contributed by atoms with E-state index >= 15 is 0 Å². The molecule has 0 aliphatic carbocycles. The molecule has 2 rings (SSSR count). The zero-order valence-corrected chi connectivity index (χ0v) is 8.94. The van der Waals surface area contributed by atoms with Crippen molar-refractivity contribution in [3.05, 3.63) is 0 Å². The molecule has 2 nitrogen and oxygen atoms in total. The first-order chi connectivity index (χ1) is 6.45. The Balaban J connectivity index is 1.60. The van der Waals surface area contributed by atoms with Crippen LogP contribution in [0.5, 0.6) is 0 Å². The van der Waals surface area contributed by atoms with E-state index in [-0.39, 0.29) is 0 Å². The van der Waals surface area contributed by atoms with Gasteiger partial charge in [-0.25, -0.2) is 0 Å². The standard InChI is InChI=1S/C10H19NOS/c1-4-12-8-9(1)7-11-10-2-5-13-6-3-10/h9-11H,1-8H2. The highest BCUT2D eigenvalue weighted by Gasteiger charge is 2.18. The van der Waals surface area contributed by atoms with E-state index in [0.29, 0.717) is 0 Å². The highest BCUT2D eigenvalue weighted by Crippen LogP contribution is 2.18. The number of hydrogen-bond donors (Lipinski definition) is 1. The van der Waals surface area contributed by atoms with E-state index in [4.69, 9.17) is 4.74 Å². The smallest absolute Gasteiger partial charge is 0.0507 e. The Morgan fingerprint density at radius 1 is 1.23 bits per heavy atom. The molecule has 0 aromatic heterocycles. The second kappa shape index (κ2) is 5.23. The van der Waals surface area contributed by atoms with Gasteiger partial charge in [0.15, 0.2) is 0 Å². The summed E-state index contributed by atoms with van der Waals surface area (Å²) in [7, 11) is 0. The summed E-state index contributed by atoms with van der Waals surface area (Å²) in [6.07, 6.45) is 3.98. The Morgan fingerprint density at radius 2 is 2.08 bits per heavy atom. The summed E-state index contributed by atoms with van der Waals surface area (Å²) >= 11 is 2.09. The topological polar surface area (TPSA) is 21.3 Å². The first-order valence-corrected chi connectivity index (χ1v) is 6.49. The Labute approximate surface area is 84.8 Å². The average molecular weight is 201 g/mol. The minimum atomic E-state index is 0.787. The number of hydrogen-bond acceptors (Lipinski definition) is 3. The van der Waals surface area contributed by atoms with Gasteiger partial charge in [-0.15, -0.1) is 0 Å². The SMILES string of the molecule is C1CC(CNC2CCSCC2)CO1. The van der Waals surface area contributed by atoms with Crippen molar-refractivity contribution in [2.45, 2.75) is 25.3 Å². The summed E-state index contributed by atoms with van der Waals surface area (Å²) in [5, 5.41) is 3.67. The number of nitrogens with one attached hydrogen (secondary N) is 1. The van der Waals surface area contributed by atoms with Crippen molar-refractivity contribution in [2.24, 2.45) is 5.92 Å². The Hall–Kier alpha value is 0.270. The molecule has 76 valence electrons. The van der Waals surface area contributed by atoms with Crippen molar-refractivity contribution in [3.8, 4) is 0 Å². The van der Waals surface area contributed by atoms with Crippen molar-refractivity contribution in [3.63, 3.8) is 0 Å². The van der Waals surface area contributed by atoms with Gasteiger partial charge in [0.1, 0.15) is 0 Å². The van der Waals surface area contributed by atoms with Crippen LogP contribution in [0.1, 0.15) is 19.3 Å². The van der Waals surface area contributed by atoms with Gasteiger partial charge in [-0.2, -0.15) is 11.8 Å². The van der Waals surface area contributed by atoms with Crippen molar-refractivity contribution in [1.82, 2.24) is 5.32 Å². The highest BCUT2D eigenvalue weighted by atomic mass is 32.2. The summed E-state index contributed by atoms with van der Waals surface area (Å²) in [4.78, 5) is 0. The fraction of sp³-hybridized carbons (Fsp3) is 1.00. The quantitative estimate of drug-likeness (QED) is 0.748. The fourth-order valence-corrected chi connectivity index (χ4v) is 3.09. The lowest BCUT2D eigenvalue weighted by Gasteiger charge is -2.23.